The zero-order valence-corrected chi connectivity index (χ0v) is 15.2. The van der Waals surface area contributed by atoms with E-state index in [9.17, 15) is 9.59 Å². The molecule has 5 heteroatoms. The first kappa shape index (κ1) is 18.3. The van der Waals surface area contributed by atoms with Gasteiger partial charge in [-0.1, -0.05) is 30.3 Å². The lowest BCUT2D eigenvalue weighted by Gasteiger charge is -2.09. The molecule has 3 rings (SSSR count). The third kappa shape index (κ3) is 4.58. The van der Waals surface area contributed by atoms with Crippen molar-refractivity contribution >= 4 is 34.5 Å². The number of nitrogens with one attached hydrogen (secondary N) is 1. The number of fused-ring (bicyclic) bond motifs is 1. The molecule has 1 N–H and O–H groups in total. The van der Waals surface area contributed by atoms with Gasteiger partial charge >= 0.3 is 5.97 Å². The molecule has 0 spiro atoms. The number of nitrogens with zero attached hydrogens (tertiary/aromatic N) is 1. The fourth-order valence-electron chi connectivity index (χ4n) is 2.67. The largest absolute Gasteiger partial charge is 0.463 e. The number of rotatable bonds is 5. The lowest BCUT2D eigenvalue weighted by atomic mass is 10.1. The Balaban J connectivity index is 1.73. The number of carbonyl (C=O) groups is 2. The SMILES string of the molecule is CCOC(=O)/C=C/c1ccc(NC(=O)c2cc3ccccc3nc2C)cc1. The Labute approximate surface area is 157 Å². The molecule has 0 radical (unpaired) electrons. The third-order valence-corrected chi connectivity index (χ3v) is 4.03. The number of benzene rings is 2. The lowest BCUT2D eigenvalue weighted by molar-refractivity contribution is -0.137. The van der Waals surface area contributed by atoms with Crippen molar-refractivity contribution in [2.45, 2.75) is 13.8 Å². The average molecular weight is 360 g/mol. The number of ether oxygens (including phenoxy) is 1. The van der Waals surface area contributed by atoms with E-state index in [0.29, 0.717) is 23.6 Å². The molecule has 0 aliphatic heterocycles. The number of hydrogen-bond acceptors (Lipinski definition) is 4. The zero-order chi connectivity index (χ0) is 19.2. The van der Waals surface area contributed by atoms with Crippen LogP contribution in [0.25, 0.3) is 17.0 Å². The molecular weight excluding hydrogens is 340 g/mol. The maximum atomic E-state index is 12.6. The molecule has 1 heterocycles. The van der Waals surface area contributed by atoms with Crippen LogP contribution in [0.1, 0.15) is 28.5 Å². The molecule has 1 aromatic heterocycles. The van der Waals surface area contributed by atoms with Gasteiger partial charge in [-0.25, -0.2) is 4.79 Å². The number of anilines is 1. The maximum absolute atomic E-state index is 12.6. The molecule has 0 aliphatic carbocycles. The Morgan fingerprint density at radius 3 is 2.59 bits per heavy atom. The molecule has 0 fully saturated rings. The van der Waals surface area contributed by atoms with Gasteiger partial charge in [-0.3, -0.25) is 9.78 Å². The van der Waals surface area contributed by atoms with Crippen molar-refractivity contribution in [1.29, 1.82) is 0 Å². The van der Waals surface area contributed by atoms with Crippen molar-refractivity contribution in [2.75, 3.05) is 11.9 Å². The summed E-state index contributed by atoms with van der Waals surface area (Å²) in [7, 11) is 0. The van der Waals surface area contributed by atoms with Crippen molar-refractivity contribution in [3.05, 3.63) is 77.5 Å². The molecule has 0 saturated heterocycles. The summed E-state index contributed by atoms with van der Waals surface area (Å²) in [6.45, 7) is 3.93. The van der Waals surface area contributed by atoms with Crippen LogP contribution in [0.15, 0.2) is 60.7 Å². The van der Waals surface area contributed by atoms with Gasteiger partial charge in [0.05, 0.1) is 23.4 Å². The smallest absolute Gasteiger partial charge is 0.330 e. The van der Waals surface area contributed by atoms with Crippen LogP contribution < -0.4 is 5.32 Å². The number of pyridine rings is 1. The van der Waals surface area contributed by atoms with Crippen molar-refractivity contribution in [1.82, 2.24) is 4.98 Å². The van der Waals surface area contributed by atoms with Crippen molar-refractivity contribution in [2.24, 2.45) is 0 Å². The van der Waals surface area contributed by atoms with Gasteiger partial charge in [0, 0.05) is 17.1 Å². The van der Waals surface area contributed by atoms with Gasteiger partial charge in [-0.05, 0) is 49.8 Å². The lowest BCUT2D eigenvalue weighted by Crippen LogP contribution is -2.14. The number of esters is 1. The van der Waals surface area contributed by atoms with Gasteiger partial charge in [0.15, 0.2) is 0 Å². The van der Waals surface area contributed by atoms with E-state index < -0.39 is 0 Å². The van der Waals surface area contributed by atoms with Crippen LogP contribution in [0.2, 0.25) is 0 Å². The minimum atomic E-state index is -0.380. The molecule has 3 aromatic rings. The van der Waals surface area contributed by atoms with Crippen LogP contribution in [-0.4, -0.2) is 23.5 Å². The summed E-state index contributed by atoms with van der Waals surface area (Å²) in [5, 5.41) is 3.81. The monoisotopic (exact) mass is 360 g/mol. The van der Waals surface area contributed by atoms with Gasteiger partial charge in [-0.15, -0.1) is 0 Å². The topological polar surface area (TPSA) is 68.3 Å². The minimum absolute atomic E-state index is 0.208. The van der Waals surface area contributed by atoms with Gasteiger partial charge in [-0.2, -0.15) is 0 Å². The van der Waals surface area contributed by atoms with E-state index >= 15 is 0 Å². The van der Waals surface area contributed by atoms with E-state index in [4.69, 9.17) is 4.74 Å². The quantitative estimate of drug-likeness (QED) is 0.542. The van der Waals surface area contributed by atoms with Gasteiger partial charge < -0.3 is 10.1 Å². The van der Waals surface area contributed by atoms with Crippen molar-refractivity contribution in [3.8, 4) is 0 Å². The molecule has 136 valence electrons. The number of aryl methyl sites for hydroxylation is 1. The summed E-state index contributed by atoms with van der Waals surface area (Å²) >= 11 is 0. The molecule has 1 amide bonds. The summed E-state index contributed by atoms with van der Waals surface area (Å²) < 4.78 is 4.84. The highest BCUT2D eigenvalue weighted by Crippen LogP contribution is 2.18. The number of para-hydroxylation sites is 1. The van der Waals surface area contributed by atoms with E-state index in [-0.39, 0.29) is 11.9 Å². The first-order valence-corrected chi connectivity index (χ1v) is 8.69. The van der Waals surface area contributed by atoms with E-state index in [2.05, 4.69) is 10.3 Å². The predicted octanol–water partition coefficient (Wildman–Crippen LogP) is 4.37. The molecule has 5 nitrogen and oxygen atoms in total. The second-order valence-corrected chi connectivity index (χ2v) is 5.98. The van der Waals surface area contributed by atoms with Crippen molar-refractivity contribution in [3.63, 3.8) is 0 Å². The second-order valence-electron chi connectivity index (χ2n) is 5.98. The fourth-order valence-corrected chi connectivity index (χ4v) is 2.67. The van der Waals surface area contributed by atoms with Gasteiger partial charge in [0.1, 0.15) is 0 Å². The van der Waals surface area contributed by atoms with E-state index in [1.807, 2.05) is 49.4 Å². The molecule has 0 aliphatic rings. The summed E-state index contributed by atoms with van der Waals surface area (Å²) in [5.74, 6) is -0.588. The highest BCUT2D eigenvalue weighted by atomic mass is 16.5. The average Bonchev–Trinajstić information content (AvgIpc) is 2.67. The van der Waals surface area contributed by atoms with Crippen LogP contribution in [0, 0.1) is 6.92 Å². The number of carbonyl (C=O) groups excluding carboxylic acids is 2. The molecular formula is C22H20N2O3. The number of amides is 1. The maximum Gasteiger partial charge on any atom is 0.330 e. The van der Waals surface area contributed by atoms with E-state index in [1.54, 1.807) is 25.1 Å². The van der Waals surface area contributed by atoms with Crippen LogP contribution in [0.3, 0.4) is 0 Å². The van der Waals surface area contributed by atoms with Crippen LogP contribution >= 0.6 is 0 Å². The van der Waals surface area contributed by atoms with Crippen LogP contribution in [0.4, 0.5) is 5.69 Å². The Kier molecular flexibility index (Phi) is 5.61. The standard InChI is InChI=1S/C22H20N2O3/c1-3-27-21(25)13-10-16-8-11-18(12-9-16)24-22(26)19-14-17-6-4-5-7-20(17)23-15(19)2/h4-14H,3H2,1-2H3,(H,24,26)/b13-10+. The van der Waals surface area contributed by atoms with E-state index in [0.717, 1.165) is 16.5 Å². The molecule has 2 aromatic carbocycles. The summed E-state index contributed by atoms with van der Waals surface area (Å²) in [5.41, 5.74) is 3.59. The third-order valence-electron chi connectivity index (χ3n) is 4.03. The predicted molar refractivity (Wildman–Crippen MR) is 107 cm³/mol. The summed E-state index contributed by atoms with van der Waals surface area (Å²) in [6.07, 6.45) is 3.04. The summed E-state index contributed by atoms with van der Waals surface area (Å²) in [6, 6.07) is 16.8. The molecule has 0 atom stereocenters. The first-order chi connectivity index (χ1) is 13.1. The fraction of sp³-hybridized carbons (Fsp3) is 0.136. The molecule has 0 bridgehead atoms. The molecule has 27 heavy (non-hydrogen) atoms. The highest BCUT2D eigenvalue weighted by Gasteiger charge is 2.12. The minimum Gasteiger partial charge on any atom is -0.463 e. The highest BCUT2D eigenvalue weighted by molar-refractivity contribution is 6.06. The zero-order valence-electron chi connectivity index (χ0n) is 15.2. The van der Waals surface area contributed by atoms with Crippen LogP contribution in [0.5, 0.6) is 0 Å². The number of aromatic nitrogens is 1. The Bertz CT molecular complexity index is 1010. The molecule has 0 unspecified atom stereocenters. The van der Waals surface area contributed by atoms with E-state index in [1.165, 1.54) is 6.08 Å². The van der Waals surface area contributed by atoms with Gasteiger partial charge in [0.2, 0.25) is 0 Å². The van der Waals surface area contributed by atoms with Crippen LogP contribution in [-0.2, 0) is 9.53 Å². The Morgan fingerprint density at radius 2 is 1.85 bits per heavy atom. The van der Waals surface area contributed by atoms with Gasteiger partial charge in [0.25, 0.3) is 5.91 Å². The summed E-state index contributed by atoms with van der Waals surface area (Å²) in [4.78, 5) is 28.5. The second kappa shape index (κ2) is 8.27. The first-order valence-electron chi connectivity index (χ1n) is 8.69. The Morgan fingerprint density at radius 1 is 1.11 bits per heavy atom. The molecule has 0 saturated carbocycles. The number of hydrogen-bond donors (Lipinski definition) is 1. The van der Waals surface area contributed by atoms with Crippen molar-refractivity contribution < 1.29 is 14.3 Å². The Hall–Kier alpha value is -3.47. The normalized spacial score (nSPS) is 10.9.